The predicted molar refractivity (Wildman–Crippen MR) is 74.1 cm³/mol. The number of hydrogen-bond donors (Lipinski definition) is 0. The average Bonchev–Trinajstić information content (AvgIpc) is 2.69. The summed E-state index contributed by atoms with van der Waals surface area (Å²) in [6.07, 6.45) is 1.58. The minimum absolute atomic E-state index is 0.157. The minimum Gasteiger partial charge on any atom is -0.311 e. The molecule has 0 unspecified atom stereocenters. The molecule has 0 fully saturated rings. The third-order valence-corrected chi connectivity index (χ3v) is 3.35. The van der Waals surface area contributed by atoms with Crippen LogP contribution in [0.1, 0.15) is 11.1 Å². The van der Waals surface area contributed by atoms with Crippen LogP contribution < -0.4 is 4.90 Å². The minimum atomic E-state index is -0.925. The number of rotatable bonds is 1. The highest BCUT2D eigenvalue weighted by molar-refractivity contribution is 6.35. The van der Waals surface area contributed by atoms with Crippen molar-refractivity contribution in [3.63, 3.8) is 0 Å². The number of para-hydroxylation sites is 1. The first-order chi connectivity index (χ1) is 9.58. The second-order valence-electron chi connectivity index (χ2n) is 4.61. The molecule has 0 aliphatic carbocycles. The Balaban J connectivity index is 2.12. The van der Waals surface area contributed by atoms with Gasteiger partial charge in [-0.05, 0) is 29.8 Å². The number of halogens is 2. The number of carbonyl (C=O) groups is 1. The van der Waals surface area contributed by atoms with Crippen LogP contribution in [0, 0.1) is 11.6 Å². The third kappa shape index (κ3) is 1.90. The number of fused-ring (bicyclic) bond motifs is 1. The van der Waals surface area contributed by atoms with Crippen LogP contribution >= 0.6 is 0 Å². The van der Waals surface area contributed by atoms with Crippen LogP contribution in [0.2, 0.25) is 0 Å². The Hall–Kier alpha value is -2.49. The summed E-state index contributed by atoms with van der Waals surface area (Å²) < 4.78 is 26.1. The average molecular weight is 271 g/mol. The largest absolute Gasteiger partial charge is 0.311 e. The van der Waals surface area contributed by atoms with E-state index in [9.17, 15) is 13.6 Å². The number of benzene rings is 2. The first kappa shape index (κ1) is 12.5. The Morgan fingerprint density at radius 3 is 2.55 bits per heavy atom. The Morgan fingerprint density at radius 1 is 1.05 bits per heavy atom. The summed E-state index contributed by atoms with van der Waals surface area (Å²) in [5, 5.41) is 0. The van der Waals surface area contributed by atoms with Crippen molar-refractivity contribution in [1.29, 1.82) is 0 Å². The number of amides is 1. The zero-order chi connectivity index (χ0) is 14.3. The van der Waals surface area contributed by atoms with Gasteiger partial charge >= 0.3 is 0 Å². The van der Waals surface area contributed by atoms with Crippen LogP contribution in [-0.2, 0) is 4.79 Å². The lowest BCUT2D eigenvalue weighted by molar-refractivity contribution is -0.112. The number of carbonyl (C=O) groups excluding carboxylic acids is 1. The van der Waals surface area contributed by atoms with Gasteiger partial charge in [0.1, 0.15) is 0 Å². The van der Waals surface area contributed by atoms with Crippen LogP contribution in [0.25, 0.3) is 11.6 Å². The van der Waals surface area contributed by atoms with E-state index in [1.807, 2.05) is 24.3 Å². The maximum Gasteiger partial charge on any atom is 0.258 e. The van der Waals surface area contributed by atoms with Gasteiger partial charge in [0.2, 0.25) is 0 Å². The van der Waals surface area contributed by atoms with Crippen molar-refractivity contribution in [2.24, 2.45) is 0 Å². The Bertz CT molecular complexity index is 737. The molecule has 20 heavy (non-hydrogen) atoms. The van der Waals surface area contributed by atoms with E-state index in [2.05, 4.69) is 0 Å². The summed E-state index contributed by atoms with van der Waals surface area (Å²) in [4.78, 5) is 13.8. The van der Waals surface area contributed by atoms with Crippen LogP contribution in [0.5, 0.6) is 0 Å². The topological polar surface area (TPSA) is 20.3 Å². The Morgan fingerprint density at radius 2 is 1.80 bits per heavy atom. The summed E-state index contributed by atoms with van der Waals surface area (Å²) in [6.45, 7) is 0. The van der Waals surface area contributed by atoms with Gasteiger partial charge in [-0.1, -0.05) is 24.3 Å². The van der Waals surface area contributed by atoms with Gasteiger partial charge in [-0.3, -0.25) is 4.79 Å². The lowest BCUT2D eigenvalue weighted by Gasteiger charge is -2.07. The van der Waals surface area contributed by atoms with Crippen molar-refractivity contribution in [3.05, 3.63) is 65.2 Å². The maximum atomic E-state index is 13.2. The van der Waals surface area contributed by atoms with E-state index in [1.54, 1.807) is 18.0 Å². The number of hydrogen-bond acceptors (Lipinski definition) is 1. The molecule has 0 N–H and O–H groups in total. The molecule has 3 rings (SSSR count). The van der Waals surface area contributed by atoms with Crippen molar-refractivity contribution in [3.8, 4) is 0 Å². The molecule has 0 spiro atoms. The molecule has 0 saturated carbocycles. The first-order valence-electron chi connectivity index (χ1n) is 6.12. The van der Waals surface area contributed by atoms with Gasteiger partial charge < -0.3 is 4.90 Å². The van der Waals surface area contributed by atoms with E-state index in [-0.39, 0.29) is 5.91 Å². The van der Waals surface area contributed by atoms with Gasteiger partial charge in [0, 0.05) is 18.2 Å². The molecular weight excluding hydrogens is 260 g/mol. The summed E-state index contributed by atoms with van der Waals surface area (Å²) >= 11 is 0. The first-order valence-corrected chi connectivity index (χ1v) is 6.12. The SMILES string of the molecule is CN1C(=O)/C(=C\c2ccc(F)c(F)c2)c2ccccc21. The van der Waals surface area contributed by atoms with Gasteiger partial charge in [-0.2, -0.15) is 0 Å². The fourth-order valence-electron chi connectivity index (χ4n) is 2.31. The Kier molecular flexibility index (Phi) is 2.86. The van der Waals surface area contributed by atoms with Gasteiger partial charge in [-0.25, -0.2) is 8.78 Å². The van der Waals surface area contributed by atoms with Crippen LogP contribution in [-0.4, -0.2) is 13.0 Å². The van der Waals surface area contributed by atoms with Crippen molar-refractivity contribution < 1.29 is 13.6 Å². The molecule has 1 amide bonds. The second kappa shape index (κ2) is 4.56. The highest BCUT2D eigenvalue weighted by atomic mass is 19.2. The molecular formula is C16H11F2NO. The van der Waals surface area contributed by atoms with Crippen LogP contribution in [0.3, 0.4) is 0 Å². The van der Waals surface area contributed by atoms with Crippen molar-refractivity contribution >= 4 is 23.2 Å². The molecule has 0 radical (unpaired) electrons. The van der Waals surface area contributed by atoms with Crippen molar-refractivity contribution in [1.82, 2.24) is 0 Å². The fourth-order valence-corrected chi connectivity index (χ4v) is 2.31. The molecule has 2 aromatic carbocycles. The monoisotopic (exact) mass is 271 g/mol. The standard InChI is InChI=1S/C16H11F2NO/c1-19-15-5-3-2-4-11(15)12(16(19)20)8-10-6-7-13(17)14(18)9-10/h2-9H,1H3/b12-8-. The quantitative estimate of drug-likeness (QED) is 0.727. The fraction of sp³-hybridized carbons (Fsp3) is 0.0625. The van der Waals surface area contributed by atoms with E-state index in [0.29, 0.717) is 11.1 Å². The van der Waals surface area contributed by atoms with E-state index in [1.165, 1.54) is 6.07 Å². The van der Waals surface area contributed by atoms with E-state index >= 15 is 0 Å². The molecule has 100 valence electrons. The zero-order valence-electron chi connectivity index (χ0n) is 10.7. The van der Waals surface area contributed by atoms with Gasteiger partial charge in [0.25, 0.3) is 5.91 Å². The van der Waals surface area contributed by atoms with E-state index in [4.69, 9.17) is 0 Å². The van der Waals surface area contributed by atoms with Gasteiger partial charge in [-0.15, -0.1) is 0 Å². The molecule has 0 atom stereocenters. The molecule has 1 aliphatic rings. The lowest BCUT2D eigenvalue weighted by Crippen LogP contribution is -2.20. The van der Waals surface area contributed by atoms with Crippen LogP contribution in [0.4, 0.5) is 14.5 Å². The number of likely N-dealkylation sites (N-methyl/N-ethyl adjacent to an activating group) is 1. The van der Waals surface area contributed by atoms with Gasteiger partial charge in [0.05, 0.1) is 5.69 Å². The second-order valence-corrected chi connectivity index (χ2v) is 4.61. The molecule has 2 nitrogen and oxygen atoms in total. The highest BCUT2D eigenvalue weighted by Gasteiger charge is 2.28. The summed E-state index contributed by atoms with van der Waals surface area (Å²) in [5.41, 5.74) is 2.54. The smallest absolute Gasteiger partial charge is 0.258 e. The number of anilines is 1. The molecule has 0 bridgehead atoms. The van der Waals surface area contributed by atoms with Gasteiger partial charge in [0.15, 0.2) is 11.6 Å². The van der Waals surface area contributed by atoms with E-state index in [0.717, 1.165) is 23.4 Å². The van der Waals surface area contributed by atoms with Crippen LogP contribution in [0.15, 0.2) is 42.5 Å². The Labute approximate surface area is 115 Å². The predicted octanol–water partition coefficient (Wildman–Crippen LogP) is 3.48. The molecule has 1 aliphatic heterocycles. The van der Waals surface area contributed by atoms with Crippen molar-refractivity contribution in [2.75, 3.05) is 11.9 Å². The molecule has 1 heterocycles. The molecule has 0 saturated heterocycles. The molecule has 2 aromatic rings. The normalized spacial score (nSPS) is 15.8. The molecule has 4 heteroatoms. The summed E-state index contributed by atoms with van der Waals surface area (Å²) in [7, 11) is 1.69. The number of nitrogens with zero attached hydrogens (tertiary/aromatic N) is 1. The summed E-state index contributed by atoms with van der Waals surface area (Å²) in [6, 6.07) is 10.9. The molecule has 0 aromatic heterocycles. The third-order valence-electron chi connectivity index (χ3n) is 3.35. The zero-order valence-corrected chi connectivity index (χ0v) is 10.7. The maximum absolute atomic E-state index is 13.2. The van der Waals surface area contributed by atoms with E-state index < -0.39 is 11.6 Å². The summed E-state index contributed by atoms with van der Waals surface area (Å²) in [5.74, 6) is -1.98. The lowest BCUT2D eigenvalue weighted by atomic mass is 10.0. The highest BCUT2D eigenvalue weighted by Crippen LogP contribution is 2.36. The van der Waals surface area contributed by atoms with Crippen molar-refractivity contribution in [2.45, 2.75) is 0 Å².